The SMILES string of the molecule is CC(=O)/C=C(/C)O.Cc1[c-]c(-c2ccc3cc(-c4ccc(-c5c(C)cccc5C)cc4)oc3n2)cc(C)c1.[Ir]. The molecule has 2 aromatic heterocycles. The first-order valence-electron chi connectivity index (χ1n) is 12.6. The molecule has 0 saturated carbocycles. The van der Waals surface area contributed by atoms with E-state index in [0.29, 0.717) is 5.71 Å². The van der Waals surface area contributed by atoms with E-state index in [9.17, 15) is 4.79 Å². The summed E-state index contributed by atoms with van der Waals surface area (Å²) >= 11 is 0. The Bertz CT molecular complexity index is 1600. The number of aliphatic hydroxyl groups is 1. The third kappa shape index (κ3) is 7.41. The largest absolute Gasteiger partial charge is 0.512 e. The second kappa shape index (κ2) is 12.8. The molecule has 5 rings (SSSR count). The first-order valence-corrected chi connectivity index (χ1v) is 12.6. The van der Waals surface area contributed by atoms with E-state index in [2.05, 4.69) is 100 Å². The summed E-state index contributed by atoms with van der Waals surface area (Å²) in [5.74, 6) is 0.768. The molecule has 0 fully saturated rings. The van der Waals surface area contributed by atoms with E-state index >= 15 is 0 Å². The maximum absolute atomic E-state index is 10.0. The fraction of sp³-hybridized carbons (Fsp3) is 0.176. The van der Waals surface area contributed by atoms with Crippen molar-refractivity contribution in [1.82, 2.24) is 4.98 Å². The van der Waals surface area contributed by atoms with Crippen LogP contribution in [-0.2, 0) is 24.9 Å². The predicted octanol–water partition coefficient (Wildman–Crippen LogP) is 8.90. The maximum atomic E-state index is 10.0. The van der Waals surface area contributed by atoms with Crippen molar-refractivity contribution in [2.24, 2.45) is 0 Å². The molecule has 39 heavy (non-hydrogen) atoms. The Morgan fingerprint density at radius 1 is 0.872 bits per heavy atom. The van der Waals surface area contributed by atoms with Gasteiger partial charge >= 0.3 is 0 Å². The second-order valence-corrected chi connectivity index (χ2v) is 9.70. The number of rotatable bonds is 4. The van der Waals surface area contributed by atoms with Crippen molar-refractivity contribution in [2.45, 2.75) is 41.5 Å². The van der Waals surface area contributed by atoms with Gasteiger partial charge in [0.05, 0.1) is 5.76 Å². The van der Waals surface area contributed by atoms with E-state index in [1.165, 1.54) is 47.7 Å². The third-order valence-corrected chi connectivity index (χ3v) is 6.16. The summed E-state index contributed by atoms with van der Waals surface area (Å²) in [4.78, 5) is 14.8. The Morgan fingerprint density at radius 2 is 1.51 bits per heavy atom. The number of ketones is 1. The zero-order valence-corrected chi connectivity index (χ0v) is 25.4. The van der Waals surface area contributed by atoms with E-state index in [1.54, 1.807) is 0 Å². The maximum Gasteiger partial charge on any atom is 0.217 e. The quantitative estimate of drug-likeness (QED) is 0.116. The van der Waals surface area contributed by atoms with Crippen molar-refractivity contribution in [3.63, 3.8) is 0 Å². The molecule has 0 aliphatic rings. The van der Waals surface area contributed by atoms with Crippen molar-refractivity contribution in [2.75, 3.05) is 0 Å². The van der Waals surface area contributed by atoms with Crippen molar-refractivity contribution in [1.29, 1.82) is 0 Å². The molecule has 5 heteroatoms. The van der Waals surface area contributed by atoms with Gasteiger partial charge in [-0.3, -0.25) is 9.78 Å². The molecule has 0 bridgehead atoms. The van der Waals surface area contributed by atoms with E-state index in [-0.39, 0.29) is 31.6 Å². The van der Waals surface area contributed by atoms with E-state index in [1.807, 2.05) is 6.07 Å². The van der Waals surface area contributed by atoms with Crippen molar-refractivity contribution in [3.8, 4) is 33.7 Å². The molecule has 0 atom stereocenters. The zero-order chi connectivity index (χ0) is 27.4. The van der Waals surface area contributed by atoms with E-state index in [4.69, 9.17) is 14.5 Å². The number of aryl methyl sites for hydroxylation is 4. The topological polar surface area (TPSA) is 63.3 Å². The molecular formula is C34H32IrNO3-. The molecule has 3 aromatic carbocycles. The minimum absolute atomic E-state index is 0. The summed E-state index contributed by atoms with van der Waals surface area (Å²) < 4.78 is 6.14. The number of pyridine rings is 1. The van der Waals surface area contributed by atoms with Crippen LogP contribution < -0.4 is 0 Å². The number of aromatic nitrogens is 1. The van der Waals surface area contributed by atoms with E-state index in [0.717, 1.165) is 33.5 Å². The smallest absolute Gasteiger partial charge is 0.217 e. The Kier molecular flexibility index (Phi) is 9.80. The van der Waals surface area contributed by atoms with Crippen LogP contribution >= 0.6 is 0 Å². The van der Waals surface area contributed by atoms with Gasteiger partial charge in [0.25, 0.3) is 0 Å². The first-order chi connectivity index (χ1) is 18.1. The molecule has 4 nitrogen and oxygen atoms in total. The molecule has 0 unspecified atom stereocenters. The van der Waals surface area contributed by atoms with Crippen LogP contribution in [0.2, 0.25) is 0 Å². The van der Waals surface area contributed by atoms with Crippen molar-refractivity contribution in [3.05, 3.63) is 113 Å². The van der Waals surface area contributed by atoms with Gasteiger partial charge in [0, 0.05) is 37.1 Å². The minimum Gasteiger partial charge on any atom is -0.512 e. The number of hydrogen-bond donors (Lipinski definition) is 1. The van der Waals surface area contributed by atoms with Gasteiger partial charge in [0.1, 0.15) is 5.76 Å². The standard InChI is InChI=1S/C29H24NO.C5H8O2.Ir/c1-18-14-19(2)16-25(15-18)26-13-12-24-17-27(31-29(24)30-26)22-8-10-23(11-9-22)28-20(3)6-5-7-21(28)4;1-4(6)3-5(2)7;/h5-15,17H,1-4H3;3,6H,1-2H3;/q-1;;/b;4-3-;. The van der Waals surface area contributed by atoms with Crippen molar-refractivity contribution >= 4 is 16.9 Å². The number of aliphatic hydroxyl groups excluding tert-OH is 1. The van der Waals surface area contributed by atoms with Gasteiger partial charge in [-0.25, -0.2) is 0 Å². The number of nitrogens with zero attached hydrogens (tertiary/aromatic N) is 1. The molecule has 201 valence electrons. The Labute approximate surface area is 243 Å². The summed E-state index contributed by atoms with van der Waals surface area (Å²) in [6.07, 6.45) is 1.17. The summed E-state index contributed by atoms with van der Waals surface area (Å²) in [5, 5.41) is 9.36. The normalized spacial score (nSPS) is 11.0. The van der Waals surface area contributed by atoms with Crippen LogP contribution in [0.3, 0.4) is 0 Å². The number of hydrogen-bond acceptors (Lipinski definition) is 4. The van der Waals surface area contributed by atoms with Crippen molar-refractivity contribution < 1.29 is 34.4 Å². The molecule has 1 N–H and O–H groups in total. The van der Waals surface area contributed by atoms with Crippen LogP contribution in [-0.4, -0.2) is 15.9 Å². The van der Waals surface area contributed by atoms with E-state index < -0.39 is 0 Å². The summed E-state index contributed by atoms with van der Waals surface area (Å²) in [5.41, 5.74) is 11.0. The van der Waals surface area contributed by atoms with Gasteiger partial charge in [0.2, 0.25) is 5.71 Å². The minimum atomic E-state index is -0.125. The average Bonchev–Trinajstić information content (AvgIpc) is 3.27. The zero-order valence-electron chi connectivity index (χ0n) is 23.0. The van der Waals surface area contributed by atoms with Crippen LogP contribution in [0.5, 0.6) is 0 Å². The summed E-state index contributed by atoms with van der Waals surface area (Å²) in [6, 6.07) is 28.8. The number of furan rings is 1. The van der Waals surface area contributed by atoms with Gasteiger partial charge in [0.15, 0.2) is 5.78 Å². The number of carbonyl (C=O) groups excluding carboxylic acids is 1. The Hall–Kier alpha value is -3.79. The average molecular weight is 695 g/mol. The summed E-state index contributed by atoms with van der Waals surface area (Å²) in [6.45, 7) is 11.3. The molecule has 0 aliphatic heterocycles. The van der Waals surface area contributed by atoms with Gasteiger partial charge in [-0.1, -0.05) is 68.4 Å². The van der Waals surface area contributed by atoms with Gasteiger partial charge in [-0.15, -0.1) is 34.9 Å². The van der Waals surface area contributed by atoms with Gasteiger partial charge < -0.3 is 9.52 Å². The second-order valence-electron chi connectivity index (χ2n) is 9.70. The monoisotopic (exact) mass is 695 g/mol. The number of carbonyl (C=O) groups is 1. The molecule has 5 aromatic rings. The molecule has 1 radical (unpaired) electrons. The van der Waals surface area contributed by atoms with Crippen LogP contribution in [0.1, 0.15) is 36.1 Å². The first kappa shape index (κ1) is 29.8. The number of benzene rings is 3. The predicted molar refractivity (Wildman–Crippen MR) is 155 cm³/mol. The molecule has 0 spiro atoms. The Balaban J connectivity index is 0.000000468. The Morgan fingerprint density at radius 3 is 2.08 bits per heavy atom. The van der Waals surface area contributed by atoms with Gasteiger partial charge in [-0.05, 0) is 61.7 Å². The molecule has 0 aliphatic carbocycles. The fourth-order valence-corrected chi connectivity index (χ4v) is 4.61. The molecular weight excluding hydrogens is 663 g/mol. The number of allylic oxidation sites excluding steroid dienone is 2. The van der Waals surface area contributed by atoms with Crippen LogP contribution in [0.25, 0.3) is 44.8 Å². The van der Waals surface area contributed by atoms with Gasteiger partial charge in [-0.2, -0.15) is 0 Å². The fourth-order valence-electron chi connectivity index (χ4n) is 4.61. The van der Waals surface area contributed by atoms with Crippen LogP contribution in [0.4, 0.5) is 0 Å². The van der Waals surface area contributed by atoms with Crippen LogP contribution in [0, 0.1) is 33.8 Å². The number of fused-ring (bicyclic) bond motifs is 1. The molecule has 0 amide bonds. The third-order valence-electron chi connectivity index (χ3n) is 6.16. The summed E-state index contributed by atoms with van der Waals surface area (Å²) in [7, 11) is 0. The molecule has 2 heterocycles. The molecule has 0 saturated heterocycles. The van der Waals surface area contributed by atoms with Crippen LogP contribution in [0.15, 0.2) is 89.0 Å².